The van der Waals surface area contributed by atoms with E-state index in [1.165, 1.54) is 5.69 Å². The summed E-state index contributed by atoms with van der Waals surface area (Å²) in [5.74, 6) is -0.0223. The van der Waals surface area contributed by atoms with Crippen molar-refractivity contribution in [2.24, 2.45) is 5.92 Å². The van der Waals surface area contributed by atoms with E-state index < -0.39 is 5.60 Å². The Kier molecular flexibility index (Phi) is 4.59. The molecule has 0 saturated carbocycles. The van der Waals surface area contributed by atoms with Crippen LogP contribution in [0.25, 0.3) is 12.2 Å². The van der Waals surface area contributed by atoms with Crippen LogP contribution in [0, 0.1) is 5.92 Å². The number of aliphatic hydroxyl groups is 1. The lowest BCUT2D eigenvalue weighted by Crippen LogP contribution is -2.35. The fourth-order valence-electron chi connectivity index (χ4n) is 3.33. The third-order valence-corrected chi connectivity index (χ3v) is 4.91. The molecule has 0 aliphatic heterocycles. The number of anilines is 1. The predicted molar refractivity (Wildman–Crippen MR) is 103 cm³/mol. The van der Waals surface area contributed by atoms with Crippen LogP contribution in [0.15, 0.2) is 60.7 Å². The Morgan fingerprint density at radius 3 is 2.46 bits per heavy atom. The zero-order chi connectivity index (χ0) is 17.2. The maximum Gasteiger partial charge on any atom is 0.0996 e. The van der Waals surface area contributed by atoms with Gasteiger partial charge in [-0.15, -0.1) is 0 Å². The van der Waals surface area contributed by atoms with Crippen molar-refractivity contribution in [1.29, 1.82) is 0 Å². The summed E-state index contributed by atoms with van der Waals surface area (Å²) in [7, 11) is 4.08. The van der Waals surface area contributed by atoms with Gasteiger partial charge in [-0.1, -0.05) is 67.6 Å². The van der Waals surface area contributed by atoms with Crippen molar-refractivity contribution in [3.05, 3.63) is 77.4 Å². The van der Waals surface area contributed by atoms with Crippen LogP contribution in [0.5, 0.6) is 0 Å². The van der Waals surface area contributed by atoms with Gasteiger partial charge in [-0.3, -0.25) is 0 Å². The van der Waals surface area contributed by atoms with Gasteiger partial charge >= 0.3 is 0 Å². The second-order valence-electron chi connectivity index (χ2n) is 6.60. The highest BCUT2D eigenvalue weighted by Gasteiger charge is 2.37. The molecule has 2 unspecified atom stereocenters. The molecule has 0 aromatic heterocycles. The molecule has 0 saturated heterocycles. The molecule has 0 bridgehead atoms. The molecule has 0 spiro atoms. The molecule has 24 heavy (non-hydrogen) atoms. The molecule has 2 heteroatoms. The zero-order valence-electron chi connectivity index (χ0n) is 14.6. The van der Waals surface area contributed by atoms with E-state index in [2.05, 4.69) is 59.5 Å². The van der Waals surface area contributed by atoms with Crippen molar-refractivity contribution in [2.45, 2.75) is 18.9 Å². The molecule has 0 heterocycles. The molecular formula is C22H25NO. The fraction of sp³-hybridized carbons (Fsp3) is 0.273. The maximum atomic E-state index is 11.3. The largest absolute Gasteiger partial charge is 0.384 e. The van der Waals surface area contributed by atoms with Crippen molar-refractivity contribution in [3.8, 4) is 0 Å². The summed E-state index contributed by atoms with van der Waals surface area (Å²) in [6, 6.07) is 16.5. The van der Waals surface area contributed by atoms with Gasteiger partial charge in [0.05, 0.1) is 5.60 Å². The van der Waals surface area contributed by atoms with E-state index in [1.807, 2.05) is 39.2 Å². The van der Waals surface area contributed by atoms with Crippen LogP contribution in [0.1, 0.15) is 30.0 Å². The highest BCUT2D eigenvalue weighted by Crippen LogP contribution is 2.41. The first kappa shape index (κ1) is 16.5. The van der Waals surface area contributed by atoms with Gasteiger partial charge in [0, 0.05) is 25.7 Å². The number of rotatable bonds is 4. The van der Waals surface area contributed by atoms with E-state index in [1.54, 1.807) is 0 Å². The Morgan fingerprint density at radius 1 is 1.08 bits per heavy atom. The van der Waals surface area contributed by atoms with Crippen molar-refractivity contribution in [1.82, 2.24) is 0 Å². The summed E-state index contributed by atoms with van der Waals surface area (Å²) < 4.78 is 0. The molecule has 2 aromatic carbocycles. The first-order chi connectivity index (χ1) is 11.5. The number of hydrogen-bond donors (Lipinski definition) is 1. The second kappa shape index (κ2) is 6.66. The lowest BCUT2D eigenvalue weighted by atomic mass is 9.73. The van der Waals surface area contributed by atoms with Gasteiger partial charge in [0.2, 0.25) is 0 Å². The van der Waals surface area contributed by atoms with Crippen LogP contribution in [0.3, 0.4) is 0 Å². The molecular weight excluding hydrogens is 294 g/mol. The number of nitrogens with zero attached hydrogens (tertiary/aromatic N) is 1. The summed E-state index contributed by atoms with van der Waals surface area (Å²) >= 11 is 0. The minimum Gasteiger partial charge on any atom is -0.384 e. The molecule has 0 amide bonds. The first-order valence-electron chi connectivity index (χ1n) is 8.50. The Labute approximate surface area is 144 Å². The van der Waals surface area contributed by atoms with E-state index in [-0.39, 0.29) is 5.92 Å². The lowest BCUT2D eigenvalue weighted by molar-refractivity contribution is 0.00556. The normalized spacial score (nSPS) is 22.6. The highest BCUT2D eigenvalue weighted by atomic mass is 16.3. The van der Waals surface area contributed by atoms with Gasteiger partial charge in [-0.25, -0.2) is 0 Å². The van der Waals surface area contributed by atoms with Gasteiger partial charge in [0.15, 0.2) is 0 Å². The third-order valence-electron chi connectivity index (χ3n) is 4.91. The number of benzene rings is 2. The van der Waals surface area contributed by atoms with E-state index in [4.69, 9.17) is 0 Å². The Bertz CT molecular complexity index is 758. The van der Waals surface area contributed by atoms with Gasteiger partial charge in [-0.2, -0.15) is 0 Å². The Hall–Kier alpha value is -2.32. The highest BCUT2D eigenvalue weighted by molar-refractivity contribution is 5.62. The standard InChI is InChI=1S/C22H25NO/c1-4-22(24)19(14-12-18-7-5-6-8-21(18)22)13-9-17-10-15-20(16-11-17)23(2)3/h5-16,19,24H,4H2,1-3H3. The topological polar surface area (TPSA) is 23.5 Å². The van der Waals surface area contributed by atoms with Crippen LogP contribution < -0.4 is 4.90 Å². The quantitative estimate of drug-likeness (QED) is 0.882. The minimum absolute atomic E-state index is 0.0223. The van der Waals surface area contributed by atoms with Crippen molar-refractivity contribution < 1.29 is 5.11 Å². The Balaban J connectivity index is 1.87. The Morgan fingerprint density at radius 2 is 1.79 bits per heavy atom. The van der Waals surface area contributed by atoms with Gasteiger partial charge < -0.3 is 10.0 Å². The first-order valence-corrected chi connectivity index (χ1v) is 8.50. The third kappa shape index (κ3) is 3.02. The average Bonchev–Trinajstić information content (AvgIpc) is 2.61. The summed E-state index contributed by atoms with van der Waals surface area (Å²) in [6.07, 6.45) is 9.12. The molecule has 0 fully saturated rings. The van der Waals surface area contributed by atoms with Crippen molar-refractivity contribution in [2.75, 3.05) is 19.0 Å². The summed E-state index contributed by atoms with van der Waals surface area (Å²) in [5.41, 5.74) is 3.62. The fourth-order valence-corrected chi connectivity index (χ4v) is 3.33. The number of fused-ring (bicyclic) bond motifs is 1. The van der Waals surface area contributed by atoms with E-state index >= 15 is 0 Å². The predicted octanol–water partition coefficient (Wildman–Crippen LogP) is 4.71. The van der Waals surface area contributed by atoms with Gasteiger partial charge in [-0.05, 0) is 35.2 Å². The average molecular weight is 319 g/mol. The molecule has 2 aromatic rings. The van der Waals surface area contributed by atoms with Gasteiger partial charge in [0.25, 0.3) is 0 Å². The SMILES string of the molecule is CCC1(O)c2ccccc2C=CC1C=Cc1ccc(N(C)C)cc1. The molecule has 1 N–H and O–H groups in total. The maximum absolute atomic E-state index is 11.3. The van der Waals surface area contributed by atoms with Crippen LogP contribution >= 0.6 is 0 Å². The summed E-state index contributed by atoms with van der Waals surface area (Å²) in [6.45, 7) is 2.04. The van der Waals surface area contributed by atoms with E-state index in [0.717, 1.165) is 16.7 Å². The van der Waals surface area contributed by atoms with Crippen LogP contribution in [-0.2, 0) is 5.60 Å². The second-order valence-corrected chi connectivity index (χ2v) is 6.60. The van der Waals surface area contributed by atoms with Crippen LogP contribution in [-0.4, -0.2) is 19.2 Å². The molecule has 2 atom stereocenters. The molecule has 1 aliphatic rings. The zero-order valence-corrected chi connectivity index (χ0v) is 14.6. The molecule has 124 valence electrons. The summed E-state index contributed by atoms with van der Waals surface area (Å²) in [5, 5.41) is 11.3. The number of hydrogen-bond acceptors (Lipinski definition) is 2. The minimum atomic E-state index is -0.842. The van der Waals surface area contributed by atoms with E-state index in [0.29, 0.717) is 6.42 Å². The smallest absolute Gasteiger partial charge is 0.0996 e. The molecule has 1 aliphatic carbocycles. The molecule has 0 radical (unpaired) electrons. The van der Waals surface area contributed by atoms with E-state index in [9.17, 15) is 5.11 Å². The monoisotopic (exact) mass is 319 g/mol. The molecule has 2 nitrogen and oxygen atoms in total. The molecule has 3 rings (SSSR count). The lowest BCUT2D eigenvalue weighted by Gasteiger charge is -2.36. The van der Waals surface area contributed by atoms with Crippen LogP contribution in [0.4, 0.5) is 5.69 Å². The van der Waals surface area contributed by atoms with Crippen LogP contribution in [0.2, 0.25) is 0 Å². The van der Waals surface area contributed by atoms with Gasteiger partial charge in [0.1, 0.15) is 0 Å². The van der Waals surface area contributed by atoms with Crippen molar-refractivity contribution >= 4 is 17.8 Å². The van der Waals surface area contributed by atoms with Crippen molar-refractivity contribution in [3.63, 3.8) is 0 Å². The summed E-state index contributed by atoms with van der Waals surface area (Å²) in [4.78, 5) is 2.09.